The summed E-state index contributed by atoms with van der Waals surface area (Å²) in [6.45, 7) is 3.85. The lowest BCUT2D eigenvalue weighted by Crippen LogP contribution is -2.39. The minimum absolute atomic E-state index is 0.153. The third-order valence-corrected chi connectivity index (χ3v) is 5.64. The Kier molecular flexibility index (Phi) is 4.07. The fourth-order valence-corrected chi connectivity index (χ4v) is 4.30. The summed E-state index contributed by atoms with van der Waals surface area (Å²) in [4.78, 5) is 25.7. The van der Waals surface area contributed by atoms with Gasteiger partial charge in [-0.15, -0.1) is 0 Å². The van der Waals surface area contributed by atoms with Gasteiger partial charge in [0.2, 0.25) is 11.9 Å². The third kappa shape index (κ3) is 3.18. The Hall–Kier alpha value is -2.83. The van der Waals surface area contributed by atoms with Crippen LogP contribution in [0.1, 0.15) is 6.42 Å². The maximum absolute atomic E-state index is 12.8. The largest absolute Gasteiger partial charge is 0.486 e. The van der Waals surface area contributed by atoms with E-state index < -0.39 is 0 Å². The summed E-state index contributed by atoms with van der Waals surface area (Å²) in [7, 11) is 0. The molecule has 140 valence electrons. The van der Waals surface area contributed by atoms with E-state index in [1.165, 1.54) is 0 Å². The van der Waals surface area contributed by atoms with Gasteiger partial charge in [0.1, 0.15) is 12.7 Å². The van der Waals surface area contributed by atoms with Gasteiger partial charge in [-0.25, -0.2) is 9.97 Å². The summed E-state index contributed by atoms with van der Waals surface area (Å²) in [5.74, 6) is 3.39. The first-order chi connectivity index (χ1) is 13.3. The molecule has 0 bridgehead atoms. The van der Waals surface area contributed by atoms with Crippen LogP contribution in [0.25, 0.3) is 0 Å². The maximum atomic E-state index is 12.8. The van der Waals surface area contributed by atoms with E-state index in [1.807, 2.05) is 35.2 Å². The Bertz CT molecular complexity index is 817. The number of benzene rings is 1. The van der Waals surface area contributed by atoms with Crippen LogP contribution < -0.4 is 14.4 Å². The Morgan fingerprint density at radius 1 is 1.00 bits per heavy atom. The van der Waals surface area contributed by atoms with Crippen molar-refractivity contribution in [1.82, 2.24) is 14.9 Å². The molecule has 0 saturated carbocycles. The van der Waals surface area contributed by atoms with Gasteiger partial charge in [0.15, 0.2) is 11.5 Å². The first-order valence-electron chi connectivity index (χ1n) is 9.44. The summed E-state index contributed by atoms with van der Waals surface area (Å²) in [5, 5.41) is 0. The van der Waals surface area contributed by atoms with Gasteiger partial charge >= 0.3 is 0 Å². The number of hydrogen-bond acceptors (Lipinski definition) is 6. The van der Waals surface area contributed by atoms with Crippen molar-refractivity contribution >= 4 is 11.9 Å². The maximum Gasteiger partial charge on any atom is 0.226 e. The van der Waals surface area contributed by atoms with Crippen LogP contribution in [-0.2, 0) is 4.79 Å². The van der Waals surface area contributed by atoms with Crippen molar-refractivity contribution in [2.75, 3.05) is 37.7 Å². The topological polar surface area (TPSA) is 67.8 Å². The zero-order valence-corrected chi connectivity index (χ0v) is 15.0. The zero-order chi connectivity index (χ0) is 18.2. The zero-order valence-electron chi connectivity index (χ0n) is 15.0. The summed E-state index contributed by atoms with van der Waals surface area (Å²) in [6.07, 6.45) is 3.69. The van der Waals surface area contributed by atoms with Crippen molar-refractivity contribution < 1.29 is 14.3 Å². The SMILES string of the molecule is O=C(CC1COc2ccccc2O1)N1CC2CN(c3ncccn3)CC2C1. The van der Waals surface area contributed by atoms with Crippen LogP contribution in [0.4, 0.5) is 5.95 Å². The molecule has 4 heterocycles. The van der Waals surface area contributed by atoms with Crippen LogP contribution in [0, 0.1) is 11.8 Å². The molecule has 1 aromatic heterocycles. The van der Waals surface area contributed by atoms with Gasteiger partial charge in [-0.05, 0) is 18.2 Å². The molecule has 2 fully saturated rings. The Morgan fingerprint density at radius 3 is 2.44 bits per heavy atom. The van der Waals surface area contributed by atoms with E-state index in [9.17, 15) is 4.79 Å². The third-order valence-electron chi connectivity index (χ3n) is 5.64. The van der Waals surface area contributed by atoms with Crippen LogP contribution >= 0.6 is 0 Å². The number of para-hydroxylation sites is 2. The minimum atomic E-state index is -0.220. The molecule has 27 heavy (non-hydrogen) atoms. The van der Waals surface area contributed by atoms with E-state index in [1.54, 1.807) is 12.4 Å². The number of carbonyl (C=O) groups excluding carboxylic acids is 1. The van der Waals surface area contributed by atoms with Crippen molar-refractivity contribution in [2.45, 2.75) is 12.5 Å². The molecule has 1 aromatic carbocycles. The van der Waals surface area contributed by atoms with Gasteiger partial charge in [-0.1, -0.05) is 12.1 Å². The lowest BCUT2D eigenvalue weighted by atomic mass is 10.0. The van der Waals surface area contributed by atoms with E-state index in [2.05, 4.69) is 14.9 Å². The number of carbonyl (C=O) groups is 1. The van der Waals surface area contributed by atoms with Gasteiger partial charge in [0.25, 0.3) is 0 Å². The molecule has 5 rings (SSSR count). The molecule has 3 unspecified atom stereocenters. The number of amides is 1. The Labute approximate surface area is 157 Å². The highest BCUT2D eigenvalue weighted by atomic mass is 16.6. The molecule has 2 saturated heterocycles. The summed E-state index contributed by atoms with van der Waals surface area (Å²) < 4.78 is 11.7. The molecule has 0 spiro atoms. The van der Waals surface area contributed by atoms with Crippen molar-refractivity contribution in [2.24, 2.45) is 11.8 Å². The normalized spacial score (nSPS) is 26.1. The van der Waals surface area contributed by atoms with Crippen molar-refractivity contribution in [3.8, 4) is 11.5 Å². The highest BCUT2D eigenvalue weighted by molar-refractivity contribution is 5.77. The number of rotatable bonds is 3. The molecule has 0 radical (unpaired) electrons. The average molecular weight is 366 g/mol. The molecule has 2 aromatic rings. The highest BCUT2D eigenvalue weighted by Crippen LogP contribution is 2.34. The molecule has 7 heteroatoms. The number of likely N-dealkylation sites (tertiary alicyclic amines) is 1. The van der Waals surface area contributed by atoms with Gasteiger partial charge in [-0.3, -0.25) is 4.79 Å². The second-order valence-corrected chi connectivity index (χ2v) is 7.47. The second kappa shape index (κ2) is 6.72. The highest BCUT2D eigenvalue weighted by Gasteiger charge is 2.42. The van der Waals surface area contributed by atoms with Crippen LogP contribution in [0.2, 0.25) is 0 Å². The number of hydrogen-bond donors (Lipinski definition) is 0. The van der Waals surface area contributed by atoms with E-state index in [4.69, 9.17) is 9.47 Å². The van der Waals surface area contributed by atoms with Crippen LogP contribution in [0.3, 0.4) is 0 Å². The van der Waals surface area contributed by atoms with Crippen molar-refractivity contribution in [1.29, 1.82) is 0 Å². The van der Waals surface area contributed by atoms with Gasteiger partial charge < -0.3 is 19.3 Å². The molecule has 1 amide bonds. The van der Waals surface area contributed by atoms with Crippen LogP contribution in [0.15, 0.2) is 42.7 Å². The van der Waals surface area contributed by atoms with Gasteiger partial charge in [0, 0.05) is 50.4 Å². The predicted octanol–water partition coefficient (Wildman–Crippen LogP) is 1.60. The fourth-order valence-electron chi connectivity index (χ4n) is 4.30. The predicted molar refractivity (Wildman–Crippen MR) is 98.8 cm³/mol. The number of nitrogens with zero attached hydrogens (tertiary/aromatic N) is 4. The first kappa shape index (κ1) is 16.4. The van der Waals surface area contributed by atoms with Gasteiger partial charge in [0.05, 0.1) is 6.42 Å². The molecule has 7 nitrogen and oxygen atoms in total. The van der Waals surface area contributed by atoms with Crippen molar-refractivity contribution in [3.63, 3.8) is 0 Å². The van der Waals surface area contributed by atoms with Crippen molar-refractivity contribution in [3.05, 3.63) is 42.7 Å². The smallest absolute Gasteiger partial charge is 0.226 e. The fraction of sp³-hybridized carbons (Fsp3) is 0.450. The number of anilines is 1. The summed E-state index contributed by atoms with van der Waals surface area (Å²) >= 11 is 0. The van der Waals surface area contributed by atoms with E-state index >= 15 is 0 Å². The summed E-state index contributed by atoms with van der Waals surface area (Å²) in [6, 6.07) is 9.43. The number of ether oxygens (including phenoxy) is 2. The Balaban J connectivity index is 1.16. The average Bonchev–Trinajstić information content (AvgIpc) is 3.28. The lowest BCUT2D eigenvalue weighted by Gasteiger charge is -2.28. The molecule has 3 atom stereocenters. The van der Waals surface area contributed by atoms with E-state index in [0.29, 0.717) is 24.9 Å². The summed E-state index contributed by atoms with van der Waals surface area (Å²) in [5.41, 5.74) is 0. The second-order valence-electron chi connectivity index (χ2n) is 7.47. The number of fused-ring (bicyclic) bond motifs is 2. The molecule has 0 N–H and O–H groups in total. The quantitative estimate of drug-likeness (QED) is 0.822. The molecule has 3 aliphatic heterocycles. The van der Waals surface area contributed by atoms with Gasteiger partial charge in [-0.2, -0.15) is 0 Å². The number of aromatic nitrogens is 2. The van der Waals surface area contributed by atoms with Crippen LogP contribution in [-0.4, -0.2) is 59.7 Å². The molecule has 3 aliphatic rings. The lowest BCUT2D eigenvalue weighted by molar-refractivity contribution is -0.132. The molecule has 0 aliphatic carbocycles. The standard InChI is InChI=1S/C20H22N4O3/c25-19(8-16-13-26-17-4-1-2-5-18(17)27-16)23-9-14-11-24(12-15(14)10-23)20-21-6-3-7-22-20/h1-7,14-16H,8-13H2. The Morgan fingerprint density at radius 2 is 1.70 bits per heavy atom. The first-order valence-corrected chi connectivity index (χ1v) is 9.44. The molecular formula is C20H22N4O3. The molecular weight excluding hydrogens is 344 g/mol. The van der Waals surface area contributed by atoms with E-state index in [0.717, 1.165) is 43.6 Å². The minimum Gasteiger partial charge on any atom is -0.486 e. The van der Waals surface area contributed by atoms with Crippen LogP contribution in [0.5, 0.6) is 11.5 Å². The van der Waals surface area contributed by atoms with E-state index in [-0.39, 0.29) is 12.0 Å². The monoisotopic (exact) mass is 366 g/mol.